The van der Waals surface area contributed by atoms with Crippen molar-refractivity contribution in [1.29, 1.82) is 0 Å². The number of rotatable bonds is 8. The Bertz CT molecular complexity index is 965. The fraction of sp³-hybridized carbons (Fsp3) is 0.227. The number of benzene rings is 2. The number of aromatic nitrogens is 2. The monoisotopic (exact) mass is 392 g/mol. The maximum atomic E-state index is 12.8. The van der Waals surface area contributed by atoms with Crippen LogP contribution < -0.4 is 15.4 Å². The predicted molar refractivity (Wildman–Crippen MR) is 111 cm³/mol. The van der Waals surface area contributed by atoms with Gasteiger partial charge in [0.25, 0.3) is 5.91 Å². The highest BCUT2D eigenvalue weighted by Gasteiger charge is 2.18. The second kappa shape index (κ2) is 9.54. The quantitative estimate of drug-likeness (QED) is 0.577. The number of nitrogens with one attached hydrogen (secondary N) is 2. The number of hydrogen-bond acceptors (Lipinski definition) is 4. The summed E-state index contributed by atoms with van der Waals surface area (Å²) in [6.45, 7) is 2.71. The van der Waals surface area contributed by atoms with Crippen LogP contribution in [0.1, 0.15) is 22.8 Å². The van der Waals surface area contributed by atoms with Crippen molar-refractivity contribution in [3.05, 3.63) is 71.9 Å². The lowest BCUT2D eigenvalue weighted by molar-refractivity contribution is -0.118. The SMILES string of the molecule is COc1ccc(-c2nn(Cc3ccccc3)cc2C(=O)NCCNC(C)=O)cc1. The minimum Gasteiger partial charge on any atom is -0.497 e. The summed E-state index contributed by atoms with van der Waals surface area (Å²) >= 11 is 0. The van der Waals surface area contributed by atoms with E-state index >= 15 is 0 Å². The Hall–Kier alpha value is -3.61. The molecule has 0 unspecified atom stereocenters. The summed E-state index contributed by atoms with van der Waals surface area (Å²) in [5.41, 5.74) is 2.99. The van der Waals surface area contributed by atoms with E-state index < -0.39 is 0 Å². The lowest BCUT2D eigenvalue weighted by Crippen LogP contribution is -2.33. The topological polar surface area (TPSA) is 85.2 Å². The summed E-state index contributed by atoms with van der Waals surface area (Å²) in [6.07, 6.45) is 1.75. The summed E-state index contributed by atoms with van der Waals surface area (Å²) in [5, 5.41) is 10.1. The molecule has 0 atom stereocenters. The molecule has 0 aliphatic heterocycles. The molecule has 7 heteroatoms. The zero-order valence-electron chi connectivity index (χ0n) is 16.5. The number of hydrogen-bond donors (Lipinski definition) is 2. The first kappa shape index (κ1) is 20.1. The van der Waals surface area contributed by atoms with Crippen LogP contribution in [0, 0.1) is 0 Å². The molecule has 0 fully saturated rings. The molecule has 0 bridgehead atoms. The zero-order chi connectivity index (χ0) is 20.6. The van der Waals surface area contributed by atoms with Crippen LogP contribution in [0.3, 0.4) is 0 Å². The molecule has 2 aromatic carbocycles. The van der Waals surface area contributed by atoms with E-state index in [-0.39, 0.29) is 11.8 Å². The Morgan fingerprint density at radius 2 is 1.69 bits per heavy atom. The van der Waals surface area contributed by atoms with Crippen molar-refractivity contribution in [2.45, 2.75) is 13.5 Å². The van der Waals surface area contributed by atoms with Crippen molar-refractivity contribution in [2.75, 3.05) is 20.2 Å². The highest BCUT2D eigenvalue weighted by Crippen LogP contribution is 2.25. The van der Waals surface area contributed by atoms with Crippen LogP contribution in [0.4, 0.5) is 0 Å². The van der Waals surface area contributed by atoms with E-state index in [1.807, 2.05) is 54.6 Å². The summed E-state index contributed by atoms with van der Waals surface area (Å²) < 4.78 is 6.97. The molecule has 2 amide bonds. The van der Waals surface area contributed by atoms with Crippen LogP contribution >= 0.6 is 0 Å². The van der Waals surface area contributed by atoms with Gasteiger partial charge in [0.15, 0.2) is 0 Å². The van der Waals surface area contributed by atoms with Crippen LogP contribution in [0.2, 0.25) is 0 Å². The van der Waals surface area contributed by atoms with Crippen molar-refractivity contribution in [2.24, 2.45) is 0 Å². The second-order valence-corrected chi connectivity index (χ2v) is 6.54. The molecular weight excluding hydrogens is 368 g/mol. The maximum Gasteiger partial charge on any atom is 0.255 e. The first-order chi connectivity index (χ1) is 14.1. The van der Waals surface area contributed by atoms with Crippen molar-refractivity contribution in [3.63, 3.8) is 0 Å². The van der Waals surface area contributed by atoms with Gasteiger partial charge in [-0.05, 0) is 29.8 Å². The van der Waals surface area contributed by atoms with Gasteiger partial charge in [0, 0.05) is 31.8 Å². The van der Waals surface area contributed by atoms with E-state index in [0.29, 0.717) is 30.9 Å². The van der Waals surface area contributed by atoms with Crippen LogP contribution in [-0.4, -0.2) is 41.8 Å². The number of nitrogens with zero attached hydrogens (tertiary/aromatic N) is 2. The Morgan fingerprint density at radius 1 is 1.00 bits per heavy atom. The van der Waals surface area contributed by atoms with Gasteiger partial charge >= 0.3 is 0 Å². The molecular formula is C22H24N4O3. The van der Waals surface area contributed by atoms with Gasteiger partial charge in [-0.25, -0.2) is 0 Å². The van der Waals surface area contributed by atoms with Crippen molar-refractivity contribution in [1.82, 2.24) is 20.4 Å². The molecule has 7 nitrogen and oxygen atoms in total. The fourth-order valence-electron chi connectivity index (χ4n) is 2.91. The second-order valence-electron chi connectivity index (χ2n) is 6.54. The molecule has 3 aromatic rings. The molecule has 150 valence electrons. The van der Waals surface area contributed by atoms with Crippen molar-refractivity contribution in [3.8, 4) is 17.0 Å². The van der Waals surface area contributed by atoms with Gasteiger partial charge in [-0.2, -0.15) is 5.10 Å². The number of carbonyl (C=O) groups excluding carboxylic acids is 2. The summed E-state index contributed by atoms with van der Waals surface area (Å²) in [6, 6.07) is 17.4. The number of methoxy groups -OCH3 is 1. The molecule has 1 heterocycles. The molecule has 3 rings (SSSR count). The average Bonchev–Trinajstić information content (AvgIpc) is 3.15. The fourth-order valence-corrected chi connectivity index (χ4v) is 2.91. The molecule has 2 N–H and O–H groups in total. The average molecular weight is 392 g/mol. The summed E-state index contributed by atoms with van der Waals surface area (Å²) in [4.78, 5) is 23.7. The molecule has 0 aliphatic rings. The van der Waals surface area contributed by atoms with E-state index in [2.05, 4.69) is 15.7 Å². The standard InChI is InChI=1S/C22H24N4O3/c1-16(27)23-12-13-24-22(28)20-15-26(14-17-6-4-3-5-7-17)25-21(20)18-8-10-19(29-2)11-9-18/h3-11,15H,12-14H2,1-2H3,(H,23,27)(H,24,28). The number of ether oxygens (including phenoxy) is 1. The molecule has 1 aromatic heterocycles. The lowest BCUT2D eigenvalue weighted by Gasteiger charge is -2.06. The van der Waals surface area contributed by atoms with Gasteiger partial charge in [0.05, 0.1) is 19.2 Å². The van der Waals surface area contributed by atoms with Gasteiger partial charge in [-0.3, -0.25) is 14.3 Å². The van der Waals surface area contributed by atoms with Crippen LogP contribution in [0.15, 0.2) is 60.8 Å². The Labute approximate surface area is 169 Å². The van der Waals surface area contributed by atoms with E-state index in [1.54, 1.807) is 18.0 Å². The third kappa shape index (κ3) is 5.44. The first-order valence-corrected chi connectivity index (χ1v) is 9.35. The van der Waals surface area contributed by atoms with Gasteiger partial charge in [-0.1, -0.05) is 30.3 Å². The van der Waals surface area contributed by atoms with Crippen LogP contribution in [0.25, 0.3) is 11.3 Å². The first-order valence-electron chi connectivity index (χ1n) is 9.35. The van der Waals surface area contributed by atoms with Gasteiger partial charge in [0.1, 0.15) is 11.4 Å². The summed E-state index contributed by atoms with van der Waals surface area (Å²) in [7, 11) is 1.61. The van der Waals surface area contributed by atoms with Crippen LogP contribution in [0.5, 0.6) is 5.75 Å². The number of carbonyl (C=O) groups is 2. The van der Waals surface area contributed by atoms with Crippen molar-refractivity contribution >= 4 is 11.8 Å². The highest BCUT2D eigenvalue weighted by atomic mass is 16.5. The molecule has 0 saturated heterocycles. The molecule has 29 heavy (non-hydrogen) atoms. The zero-order valence-corrected chi connectivity index (χ0v) is 16.5. The third-order valence-electron chi connectivity index (χ3n) is 4.34. The minimum atomic E-state index is -0.236. The molecule has 0 aliphatic carbocycles. The molecule has 0 radical (unpaired) electrons. The van der Waals surface area contributed by atoms with E-state index in [4.69, 9.17) is 4.74 Å². The molecule has 0 saturated carbocycles. The molecule has 0 spiro atoms. The van der Waals surface area contributed by atoms with E-state index in [9.17, 15) is 9.59 Å². The smallest absolute Gasteiger partial charge is 0.255 e. The van der Waals surface area contributed by atoms with Crippen LogP contribution in [-0.2, 0) is 11.3 Å². The van der Waals surface area contributed by atoms with Gasteiger partial charge < -0.3 is 15.4 Å². The van der Waals surface area contributed by atoms with E-state index in [0.717, 1.165) is 16.9 Å². The Morgan fingerprint density at radius 3 is 2.34 bits per heavy atom. The largest absolute Gasteiger partial charge is 0.497 e. The maximum absolute atomic E-state index is 12.8. The van der Waals surface area contributed by atoms with Gasteiger partial charge in [0.2, 0.25) is 5.91 Å². The Balaban J connectivity index is 1.84. The predicted octanol–water partition coefficient (Wildman–Crippen LogP) is 2.47. The Kier molecular flexibility index (Phi) is 6.63. The third-order valence-corrected chi connectivity index (χ3v) is 4.34. The lowest BCUT2D eigenvalue weighted by atomic mass is 10.1. The normalized spacial score (nSPS) is 10.4. The number of amides is 2. The van der Waals surface area contributed by atoms with Crippen molar-refractivity contribution < 1.29 is 14.3 Å². The minimum absolute atomic E-state index is 0.131. The highest BCUT2D eigenvalue weighted by molar-refractivity contribution is 5.99. The van der Waals surface area contributed by atoms with E-state index in [1.165, 1.54) is 6.92 Å². The van der Waals surface area contributed by atoms with Gasteiger partial charge in [-0.15, -0.1) is 0 Å². The summed E-state index contributed by atoms with van der Waals surface area (Å²) in [5.74, 6) is 0.369.